The molecule has 0 aliphatic carbocycles. The topological polar surface area (TPSA) is 61.1 Å². The van der Waals surface area contributed by atoms with Gasteiger partial charge in [0.1, 0.15) is 18.2 Å². The van der Waals surface area contributed by atoms with Gasteiger partial charge in [-0.05, 0) is 42.9 Å². The van der Waals surface area contributed by atoms with Crippen LogP contribution < -0.4 is 4.74 Å². The van der Waals surface area contributed by atoms with Crippen LogP contribution >= 0.6 is 12.2 Å². The van der Waals surface area contributed by atoms with E-state index >= 15 is 0 Å². The molecule has 25 heavy (non-hydrogen) atoms. The molecule has 0 saturated heterocycles. The molecular weight excluding hydrogens is 341 g/mol. The zero-order valence-electron chi connectivity index (χ0n) is 13.9. The summed E-state index contributed by atoms with van der Waals surface area (Å²) in [5.41, 5.74) is 2.24. The van der Waals surface area contributed by atoms with E-state index in [-0.39, 0.29) is 11.5 Å². The Hall–Kier alpha value is -2.67. The maximum Gasteiger partial charge on any atom is 0.256 e. The van der Waals surface area contributed by atoms with Crippen molar-refractivity contribution in [2.75, 3.05) is 20.2 Å². The third-order valence-corrected chi connectivity index (χ3v) is 4.15. The first kappa shape index (κ1) is 17.2. The van der Waals surface area contributed by atoms with Crippen molar-refractivity contribution in [3.63, 3.8) is 0 Å². The van der Waals surface area contributed by atoms with Crippen LogP contribution in [0.3, 0.4) is 0 Å². The molecule has 130 valence electrons. The number of fused-ring (bicyclic) bond motifs is 1. The fraction of sp³-hybridized carbons (Fsp3) is 0.222. The van der Waals surface area contributed by atoms with Gasteiger partial charge in [-0.1, -0.05) is 18.2 Å². The van der Waals surface area contributed by atoms with Crippen molar-refractivity contribution >= 4 is 29.2 Å². The van der Waals surface area contributed by atoms with E-state index in [2.05, 4.69) is 9.97 Å². The minimum Gasteiger partial charge on any atom is -0.491 e. The van der Waals surface area contributed by atoms with E-state index in [1.165, 1.54) is 17.0 Å². The van der Waals surface area contributed by atoms with Crippen molar-refractivity contribution in [3.05, 3.63) is 58.1 Å². The number of para-hydroxylation sites is 1. The van der Waals surface area contributed by atoms with Crippen LogP contribution in [0.5, 0.6) is 5.75 Å². The van der Waals surface area contributed by atoms with E-state index in [0.29, 0.717) is 29.0 Å². The van der Waals surface area contributed by atoms with Crippen molar-refractivity contribution < 1.29 is 13.9 Å². The Morgan fingerprint density at radius 2 is 2.04 bits per heavy atom. The molecule has 1 heterocycles. The Labute approximate surface area is 149 Å². The lowest BCUT2D eigenvalue weighted by Gasteiger charge is -2.18. The van der Waals surface area contributed by atoms with E-state index in [0.717, 1.165) is 11.3 Å². The number of amides is 1. The molecule has 0 fully saturated rings. The first-order valence-corrected chi connectivity index (χ1v) is 8.22. The normalized spacial score (nSPS) is 10.8. The van der Waals surface area contributed by atoms with Crippen LogP contribution in [-0.2, 0) is 0 Å². The number of carbonyl (C=O) groups is 1. The molecule has 0 unspecified atom stereocenters. The van der Waals surface area contributed by atoms with Crippen molar-refractivity contribution in [3.8, 4) is 5.75 Å². The number of aromatic nitrogens is 2. The quantitative estimate of drug-likeness (QED) is 0.681. The highest BCUT2D eigenvalue weighted by Gasteiger charge is 2.17. The molecule has 1 aromatic heterocycles. The number of hydrogen-bond donors (Lipinski definition) is 2. The molecule has 0 aliphatic rings. The highest BCUT2D eigenvalue weighted by atomic mass is 32.1. The number of aryl methyl sites for hydroxylation is 1. The number of hydrogen-bond acceptors (Lipinski definition) is 3. The number of aromatic amines is 2. The average molecular weight is 359 g/mol. The van der Waals surface area contributed by atoms with Gasteiger partial charge in [0, 0.05) is 7.05 Å². The van der Waals surface area contributed by atoms with Gasteiger partial charge in [-0.3, -0.25) is 4.79 Å². The molecule has 7 heteroatoms. The molecule has 0 aliphatic heterocycles. The van der Waals surface area contributed by atoms with Gasteiger partial charge in [0.2, 0.25) is 0 Å². The number of likely N-dealkylation sites (N-methyl/N-ethyl adjacent to an activating group) is 1. The van der Waals surface area contributed by atoms with Crippen LogP contribution in [0.1, 0.15) is 15.9 Å². The van der Waals surface area contributed by atoms with Crippen LogP contribution in [0.15, 0.2) is 36.4 Å². The van der Waals surface area contributed by atoms with Gasteiger partial charge in [-0.15, -0.1) is 0 Å². The van der Waals surface area contributed by atoms with Gasteiger partial charge in [0.25, 0.3) is 5.91 Å². The van der Waals surface area contributed by atoms with Crippen molar-refractivity contribution in [1.82, 2.24) is 14.9 Å². The van der Waals surface area contributed by atoms with Crippen LogP contribution in [0.4, 0.5) is 4.39 Å². The van der Waals surface area contributed by atoms with Gasteiger partial charge in [0.15, 0.2) is 4.77 Å². The lowest BCUT2D eigenvalue weighted by molar-refractivity contribution is 0.0775. The fourth-order valence-corrected chi connectivity index (χ4v) is 2.81. The second-order valence-corrected chi connectivity index (χ2v) is 6.20. The number of ether oxygens (including phenoxy) is 1. The third kappa shape index (κ3) is 3.71. The molecule has 2 N–H and O–H groups in total. The Balaban J connectivity index is 1.72. The molecule has 3 rings (SSSR count). The third-order valence-electron chi connectivity index (χ3n) is 3.94. The second-order valence-electron chi connectivity index (χ2n) is 5.80. The minimum absolute atomic E-state index is 0.237. The lowest BCUT2D eigenvalue weighted by Crippen LogP contribution is -2.31. The highest BCUT2D eigenvalue weighted by Crippen LogP contribution is 2.20. The van der Waals surface area contributed by atoms with Crippen LogP contribution in [0.2, 0.25) is 0 Å². The Morgan fingerprint density at radius 3 is 2.80 bits per heavy atom. The highest BCUT2D eigenvalue weighted by molar-refractivity contribution is 7.71. The number of halogens is 1. The van der Waals surface area contributed by atoms with E-state index in [4.69, 9.17) is 17.0 Å². The summed E-state index contributed by atoms with van der Waals surface area (Å²) in [6.07, 6.45) is 0. The number of nitrogens with zero attached hydrogens (tertiary/aromatic N) is 1. The molecule has 0 saturated carbocycles. The molecule has 0 radical (unpaired) electrons. The molecule has 2 aromatic carbocycles. The first-order valence-electron chi connectivity index (χ1n) is 7.81. The maximum atomic E-state index is 13.8. The average Bonchev–Trinajstić information content (AvgIpc) is 2.95. The number of H-pyrrole nitrogens is 2. The number of benzene rings is 2. The SMILES string of the molecule is Cc1ccccc1OCCN(C)C(=O)c1cc(F)cc2[nH]c(=S)[nH]c12. The number of carbonyl (C=O) groups excluding carboxylic acids is 1. The van der Waals surface area contributed by atoms with E-state index < -0.39 is 5.82 Å². The van der Waals surface area contributed by atoms with Gasteiger partial charge in [0.05, 0.1) is 23.1 Å². The van der Waals surface area contributed by atoms with Crippen LogP contribution in [0.25, 0.3) is 11.0 Å². The first-order chi connectivity index (χ1) is 12.0. The van der Waals surface area contributed by atoms with E-state index in [1.54, 1.807) is 7.05 Å². The molecule has 3 aromatic rings. The van der Waals surface area contributed by atoms with E-state index in [1.807, 2.05) is 31.2 Å². The monoisotopic (exact) mass is 359 g/mol. The molecule has 5 nitrogen and oxygen atoms in total. The summed E-state index contributed by atoms with van der Waals surface area (Å²) in [5.74, 6) is -0.0139. The van der Waals surface area contributed by atoms with E-state index in [9.17, 15) is 9.18 Å². The summed E-state index contributed by atoms with van der Waals surface area (Å²) < 4.78 is 19.8. The van der Waals surface area contributed by atoms with Gasteiger partial charge in [-0.25, -0.2) is 4.39 Å². The Morgan fingerprint density at radius 1 is 1.28 bits per heavy atom. The lowest BCUT2D eigenvalue weighted by atomic mass is 10.1. The summed E-state index contributed by atoms with van der Waals surface area (Å²) in [6.45, 7) is 2.67. The Bertz CT molecular complexity index is 980. The number of imidazole rings is 1. The molecule has 1 amide bonds. The second kappa shape index (κ2) is 7.06. The summed E-state index contributed by atoms with van der Waals surface area (Å²) in [5, 5.41) is 0. The van der Waals surface area contributed by atoms with Gasteiger partial charge < -0.3 is 19.6 Å². The zero-order valence-corrected chi connectivity index (χ0v) is 14.7. The van der Waals surface area contributed by atoms with Gasteiger partial charge in [-0.2, -0.15) is 0 Å². The summed E-state index contributed by atoms with van der Waals surface area (Å²) in [6, 6.07) is 10.2. The molecule has 0 bridgehead atoms. The number of rotatable bonds is 5. The van der Waals surface area contributed by atoms with Gasteiger partial charge >= 0.3 is 0 Å². The summed E-state index contributed by atoms with van der Waals surface area (Å²) >= 11 is 5.03. The summed E-state index contributed by atoms with van der Waals surface area (Å²) in [4.78, 5) is 19.9. The van der Waals surface area contributed by atoms with Crippen LogP contribution in [-0.4, -0.2) is 41.0 Å². The summed E-state index contributed by atoms with van der Waals surface area (Å²) in [7, 11) is 1.65. The van der Waals surface area contributed by atoms with Crippen LogP contribution in [0, 0.1) is 17.5 Å². The van der Waals surface area contributed by atoms with Crippen molar-refractivity contribution in [2.45, 2.75) is 6.92 Å². The molecular formula is C18H18FN3O2S. The zero-order chi connectivity index (χ0) is 18.0. The Kier molecular flexibility index (Phi) is 4.85. The standard InChI is InChI=1S/C18H18FN3O2S/c1-11-5-3-4-6-15(11)24-8-7-22(2)17(23)13-9-12(19)10-14-16(13)21-18(25)20-14/h3-6,9-10H,7-8H2,1-2H3,(H2,20,21,25). The predicted molar refractivity (Wildman–Crippen MR) is 97.1 cm³/mol. The predicted octanol–water partition coefficient (Wildman–Crippen LogP) is 3.82. The largest absolute Gasteiger partial charge is 0.491 e. The smallest absolute Gasteiger partial charge is 0.256 e. The molecule has 0 spiro atoms. The minimum atomic E-state index is -0.495. The maximum absolute atomic E-state index is 13.8. The fourth-order valence-electron chi connectivity index (χ4n) is 2.59. The van der Waals surface area contributed by atoms with Crippen molar-refractivity contribution in [2.24, 2.45) is 0 Å². The molecule has 0 atom stereocenters. The number of nitrogens with one attached hydrogen (secondary N) is 2. The van der Waals surface area contributed by atoms with Crippen molar-refractivity contribution in [1.29, 1.82) is 0 Å².